The van der Waals surface area contributed by atoms with Crippen LogP contribution in [0.4, 0.5) is 5.69 Å². The lowest BCUT2D eigenvalue weighted by molar-refractivity contribution is -0.142. The molecule has 9 heteroatoms. The van der Waals surface area contributed by atoms with Gasteiger partial charge in [-0.25, -0.2) is 0 Å². The highest BCUT2D eigenvalue weighted by Crippen LogP contribution is 2.55. The Balaban J connectivity index is 1.33. The standard InChI is InChI=1S/C31H34ClN3O5/c1-2-39-23-11-7-6-8-19(23)18-35-27(29(37)34-21-9-4-3-5-10-21)31-17-16-24(40-31)25(26(31)30(35)38)28(36)33-22-14-12-20(32)13-15-22/h6-8,11-17,21,24-27H,2-5,9-10,18H2,1H3,(H,33,36)(H,34,37)/t24-,25?,26-,27?,31?/m0/s1. The van der Waals surface area contributed by atoms with Crippen LogP contribution in [-0.4, -0.2) is 53.0 Å². The van der Waals surface area contributed by atoms with Crippen LogP contribution < -0.4 is 15.4 Å². The summed E-state index contributed by atoms with van der Waals surface area (Å²) >= 11 is 6.01. The molecule has 8 nitrogen and oxygen atoms in total. The van der Waals surface area contributed by atoms with E-state index in [0.29, 0.717) is 23.1 Å². The Labute approximate surface area is 239 Å². The lowest BCUT2D eigenvalue weighted by atomic mass is 9.74. The fraction of sp³-hybridized carbons (Fsp3) is 0.452. The summed E-state index contributed by atoms with van der Waals surface area (Å²) in [7, 11) is 0. The maximum absolute atomic E-state index is 14.3. The summed E-state index contributed by atoms with van der Waals surface area (Å²) in [5, 5.41) is 6.71. The van der Waals surface area contributed by atoms with Gasteiger partial charge in [0.25, 0.3) is 0 Å². The van der Waals surface area contributed by atoms with E-state index in [0.717, 1.165) is 31.2 Å². The number of likely N-dealkylation sites (tertiary alicyclic amines) is 1. The molecule has 1 spiro atoms. The number of para-hydroxylation sites is 1. The van der Waals surface area contributed by atoms with E-state index < -0.39 is 29.6 Å². The van der Waals surface area contributed by atoms with Crippen molar-refractivity contribution in [2.75, 3.05) is 11.9 Å². The van der Waals surface area contributed by atoms with E-state index in [1.807, 2.05) is 43.3 Å². The lowest BCUT2D eigenvalue weighted by Crippen LogP contribution is -2.56. The van der Waals surface area contributed by atoms with E-state index in [1.165, 1.54) is 6.42 Å². The largest absolute Gasteiger partial charge is 0.494 e. The molecule has 3 fully saturated rings. The summed E-state index contributed by atoms with van der Waals surface area (Å²) in [6.07, 6.45) is 8.21. The number of carbonyl (C=O) groups is 3. The van der Waals surface area contributed by atoms with Gasteiger partial charge in [0.05, 0.1) is 31.1 Å². The molecular formula is C31H34ClN3O5. The fourth-order valence-electron chi connectivity index (χ4n) is 6.84. The Morgan fingerprint density at radius 1 is 1.07 bits per heavy atom. The van der Waals surface area contributed by atoms with E-state index in [4.69, 9.17) is 21.1 Å². The van der Waals surface area contributed by atoms with Gasteiger partial charge in [-0.1, -0.05) is 61.2 Å². The molecule has 1 saturated carbocycles. The minimum Gasteiger partial charge on any atom is -0.494 e. The van der Waals surface area contributed by atoms with Crippen LogP contribution in [0.1, 0.15) is 44.6 Å². The second-order valence-corrected chi connectivity index (χ2v) is 11.5. The molecule has 2 N–H and O–H groups in total. The highest BCUT2D eigenvalue weighted by Gasteiger charge is 2.72. The summed E-state index contributed by atoms with van der Waals surface area (Å²) in [6.45, 7) is 2.55. The zero-order valence-electron chi connectivity index (χ0n) is 22.5. The van der Waals surface area contributed by atoms with Crippen molar-refractivity contribution in [3.63, 3.8) is 0 Å². The van der Waals surface area contributed by atoms with Gasteiger partial charge < -0.3 is 25.0 Å². The third-order valence-corrected chi connectivity index (χ3v) is 8.85. The Hall–Kier alpha value is -3.36. The number of amides is 3. The number of halogens is 1. The zero-order valence-corrected chi connectivity index (χ0v) is 23.2. The van der Waals surface area contributed by atoms with Gasteiger partial charge in [0.1, 0.15) is 17.4 Å². The summed E-state index contributed by atoms with van der Waals surface area (Å²) in [6, 6.07) is 13.5. The van der Waals surface area contributed by atoms with Crippen LogP contribution >= 0.6 is 11.6 Å². The SMILES string of the molecule is CCOc1ccccc1CN1C(=O)[C@@H]2C(C(=O)Nc3ccc(Cl)cc3)[C@@H]3C=CC2(O3)C1C(=O)NC1CCCCC1. The first kappa shape index (κ1) is 26.8. The molecule has 4 aliphatic rings. The molecule has 2 saturated heterocycles. The predicted octanol–water partition coefficient (Wildman–Crippen LogP) is 4.48. The second kappa shape index (κ2) is 10.9. The van der Waals surface area contributed by atoms with Crippen molar-refractivity contribution in [1.29, 1.82) is 0 Å². The number of fused-ring (bicyclic) bond motifs is 1. The topological polar surface area (TPSA) is 97.0 Å². The fourth-order valence-corrected chi connectivity index (χ4v) is 6.96. The minimum absolute atomic E-state index is 0.0657. The predicted molar refractivity (Wildman–Crippen MR) is 151 cm³/mol. The Morgan fingerprint density at radius 3 is 2.58 bits per heavy atom. The highest BCUT2D eigenvalue weighted by molar-refractivity contribution is 6.30. The molecule has 0 aromatic heterocycles. The molecule has 3 unspecified atom stereocenters. The number of benzene rings is 2. The molecule has 2 aromatic rings. The third kappa shape index (κ3) is 4.67. The molecule has 210 valence electrons. The molecule has 0 radical (unpaired) electrons. The van der Waals surface area contributed by atoms with Crippen molar-refractivity contribution < 1.29 is 23.9 Å². The first-order valence-electron chi connectivity index (χ1n) is 14.2. The third-order valence-electron chi connectivity index (χ3n) is 8.60. The number of hydrogen-bond acceptors (Lipinski definition) is 5. The average molecular weight is 564 g/mol. The van der Waals surface area contributed by atoms with Gasteiger partial charge in [0.15, 0.2) is 0 Å². The smallest absolute Gasteiger partial charge is 0.246 e. The molecule has 2 bridgehead atoms. The van der Waals surface area contributed by atoms with Gasteiger partial charge in [0, 0.05) is 22.3 Å². The van der Waals surface area contributed by atoms with E-state index in [2.05, 4.69) is 10.6 Å². The number of rotatable bonds is 8. The van der Waals surface area contributed by atoms with E-state index in [9.17, 15) is 14.4 Å². The van der Waals surface area contributed by atoms with Crippen molar-refractivity contribution in [2.45, 2.75) is 69.4 Å². The summed E-state index contributed by atoms with van der Waals surface area (Å²) < 4.78 is 12.3. The number of anilines is 1. The van der Waals surface area contributed by atoms with Crippen LogP contribution in [-0.2, 0) is 25.7 Å². The second-order valence-electron chi connectivity index (χ2n) is 11.0. The first-order chi connectivity index (χ1) is 19.4. The maximum Gasteiger partial charge on any atom is 0.246 e. The van der Waals surface area contributed by atoms with Gasteiger partial charge in [-0.15, -0.1) is 0 Å². The van der Waals surface area contributed by atoms with Gasteiger partial charge in [0.2, 0.25) is 17.7 Å². The monoisotopic (exact) mass is 563 g/mol. The van der Waals surface area contributed by atoms with Crippen LogP contribution in [0.3, 0.4) is 0 Å². The molecule has 3 amide bonds. The van der Waals surface area contributed by atoms with Crippen molar-refractivity contribution in [3.05, 3.63) is 71.3 Å². The van der Waals surface area contributed by atoms with Crippen LogP contribution in [0.5, 0.6) is 5.75 Å². The lowest BCUT2D eigenvalue weighted by Gasteiger charge is -2.34. The van der Waals surface area contributed by atoms with Crippen molar-refractivity contribution in [1.82, 2.24) is 10.2 Å². The summed E-state index contributed by atoms with van der Waals surface area (Å²) in [5.74, 6) is -1.75. The van der Waals surface area contributed by atoms with Crippen LogP contribution in [0.2, 0.25) is 5.02 Å². The molecule has 5 atom stereocenters. The van der Waals surface area contributed by atoms with E-state index >= 15 is 0 Å². The molecule has 3 heterocycles. The van der Waals surface area contributed by atoms with Gasteiger partial charge in [-0.05, 0) is 50.1 Å². The maximum atomic E-state index is 14.3. The van der Waals surface area contributed by atoms with Crippen molar-refractivity contribution in [3.8, 4) is 5.75 Å². The summed E-state index contributed by atoms with van der Waals surface area (Å²) in [5.41, 5.74) is 0.156. The first-order valence-corrected chi connectivity index (χ1v) is 14.5. The Kier molecular flexibility index (Phi) is 7.31. The number of ether oxygens (including phenoxy) is 2. The molecule has 1 aliphatic carbocycles. The minimum atomic E-state index is -1.22. The van der Waals surface area contributed by atoms with Crippen LogP contribution in [0.25, 0.3) is 0 Å². The van der Waals surface area contributed by atoms with Gasteiger partial charge >= 0.3 is 0 Å². The number of carbonyl (C=O) groups excluding carboxylic acids is 3. The molecular weight excluding hydrogens is 530 g/mol. The zero-order chi connectivity index (χ0) is 27.9. The summed E-state index contributed by atoms with van der Waals surface area (Å²) in [4.78, 5) is 43.5. The Morgan fingerprint density at radius 2 is 1.82 bits per heavy atom. The van der Waals surface area contributed by atoms with Crippen LogP contribution in [0, 0.1) is 11.8 Å². The molecule has 40 heavy (non-hydrogen) atoms. The van der Waals surface area contributed by atoms with Crippen molar-refractivity contribution in [2.24, 2.45) is 11.8 Å². The van der Waals surface area contributed by atoms with Crippen LogP contribution in [0.15, 0.2) is 60.7 Å². The number of hydrogen-bond donors (Lipinski definition) is 2. The molecule has 2 aromatic carbocycles. The molecule has 6 rings (SSSR count). The normalized spacial score (nSPS) is 28.9. The molecule has 3 aliphatic heterocycles. The number of nitrogens with zero attached hydrogens (tertiary/aromatic N) is 1. The average Bonchev–Trinajstić information content (AvgIpc) is 3.59. The van der Waals surface area contributed by atoms with Crippen molar-refractivity contribution >= 4 is 35.0 Å². The Bertz CT molecular complexity index is 1320. The van der Waals surface area contributed by atoms with Gasteiger partial charge in [-0.3, -0.25) is 14.4 Å². The quantitative estimate of drug-likeness (QED) is 0.462. The van der Waals surface area contributed by atoms with Gasteiger partial charge in [-0.2, -0.15) is 0 Å². The highest BCUT2D eigenvalue weighted by atomic mass is 35.5. The van der Waals surface area contributed by atoms with E-state index in [1.54, 1.807) is 29.2 Å². The number of nitrogens with one attached hydrogen (secondary N) is 2. The van der Waals surface area contributed by atoms with E-state index in [-0.39, 0.29) is 30.3 Å².